The summed E-state index contributed by atoms with van der Waals surface area (Å²) in [4.78, 5) is 0. The van der Waals surface area contributed by atoms with Crippen LogP contribution in [0.25, 0.3) is 0 Å². The van der Waals surface area contributed by atoms with Crippen LogP contribution in [-0.2, 0) is 14.9 Å². The van der Waals surface area contributed by atoms with Gasteiger partial charge in [-0.05, 0) is 18.8 Å². The van der Waals surface area contributed by atoms with Crippen LogP contribution in [-0.4, -0.2) is 67.0 Å². The lowest BCUT2D eigenvalue weighted by Gasteiger charge is -2.37. The molecule has 20 heavy (non-hydrogen) atoms. The van der Waals surface area contributed by atoms with Crippen LogP contribution in [0, 0.1) is 5.92 Å². The van der Waals surface area contributed by atoms with Crippen LogP contribution >= 0.6 is 0 Å². The molecule has 0 aromatic rings. The third-order valence-corrected chi connectivity index (χ3v) is 5.72. The topological polar surface area (TPSA) is 108 Å². The van der Waals surface area contributed by atoms with Gasteiger partial charge in [0.15, 0.2) is 5.84 Å². The molecule has 0 aromatic carbocycles. The van der Waals surface area contributed by atoms with Crippen molar-refractivity contribution in [2.75, 3.05) is 32.8 Å². The minimum absolute atomic E-state index is 0.0864. The van der Waals surface area contributed by atoms with Gasteiger partial charge in [-0.25, -0.2) is 0 Å². The van der Waals surface area contributed by atoms with Gasteiger partial charge in [0, 0.05) is 26.2 Å². The number of morpholine rings is 1. The van der Waals surface area contributed by atoms with Crippen LogP contribution in [0.5, 0.6) is 0 Å². The number of oxime groups is 1. The Kier molecular flexibility index (Phi) is 4.84. The molecule has 0 bridgehead atoms. The van der Waals surface area contributed by atoms with E-state index >= 15 is 0 Å². The average Bonchev–Trinajstić information content (AvgIpc) is 2.46. The number of hydrogen-bond donors (Lipinski definition) is 2. The fraction of sp³-hybridized carbons (Fsp3) is 0.909. The Bertz CT molecular complexity index is 467. The molecule has 2 heterocycles. The van der Waals surface area contributed by atoms with Crippen LogP contribution < -0.4 is 5.73 Å². The van der Waals surface area contributed by atoms with Gasteiger partial charge in [-0.2, -0.15) is 17.0 Å². The Morgan fingerprint density at radius 1 is 1.35 bits per heavy atom. The second-order valence-electron chi connectivity index (χ2n) is 5.36. The smallest absolute Gasteiger partial charge is 0.282 e. The first-order valence-corrected chi connectivity index (χ1v) is 8.19. The summed E-state index contributed by atoms with van der Waals surface area (Å²) in [5.74, 6) is 0.274. The highest BCUT2D eigenvalue weighted by molar-refractivity contribution is 7.86. The van der Waals surface area contributed by atoms with Crippen LogP contribution in [0.15, 0.2) is 5.16 Å². The standard InChI is InChI=1S/C11H22N4O4S/c1-9-3-2-4-14(7-9)20(17,18)15-5-6-19-10(8-15)11(12)13-16/h9-10,16H,2-8H2,1H3,(H2,12,13). The van der Waals surface area contributed by atoms with E-state index in [1.165, 1.54) is 8.61 Å². The van der Waals surface area contributed by atoms with Crippen molar-refractivity contribution in [2.24, 2.45) is 16.8 Å². The van der Waals surface area contributed by atoms with Crippen molar-refractivity contribution in [3.05, 3.63) is 0 Å². The maximum absolute atomic E-state index is 12.6. The first kappa shape index (κ1) is 15.5. The number of nitrogens with two attached hydrogens (primary N) is 1. The highest BCUT2D eigenvalue weighted by Crippen LogP contribution is 2.22. The SMILES string of the molecule is CC1CCCN(S(=O)(=O)N2CCOC(C(N)=NO)C2)C1. The van der Waals surface area contributed by atoms with Gasteiger partial charge >= 0.3 is 0 Å². The largest absolute Gasteiger partial charge is 0.409 e. The Hall–Kier alpha value is -0.900. The highest BCUT2D eigenvalue weighted by Gasteiger charge is 2.36. The number of nitrogens with zero attached hydrogens (tertiary/aromatic N) is 3. The van der Waals surface area contributed by atoms with E-state index in [0.717, 1.165) is 12.8 Å². The average molecular weight is 306 g/mol. The van der Waals surface area contributed by atoms with Crippen LogP contribution in [0.3, 0.4) is 0 Å². The molecule has 0 aliphatic carbocycles. The Labute approximate surface area is 119 Å². The minimum Gasteiger partial charge on any atom is -0.409 e. The molecule has 0 amide bonds. The summed E-state index contributed by atoms with van der Waals surface area (Å²) in [6, 6.07) is 0. The number of piperidine rings is 1. The van der Waals surface area contributed by atoms with E-state index < -0.39 is 16.3 Å². The summed E-state index contributed by atoms with van der Waals surface area (Å²) >= 11 is 0. The van der Waals surface area contributed by atoms with E-state index in [0.29, 0.717) is 25.6 Å². The lowest BCUT2D eigenvalue weighted by atomic mass is 10.0. The van der Waals surface area contributed by atoms with Crippen molar-refractivity contribution in [3.8, 4) is 0 Å². The second-order valence-corrected chi connectivity index (χ2v) is 7.28. The number of amidine groups is 1. The first-order valence-electron chi connectivity index (χ1n) is 6.79. The zero-order valence-electron chi connectivity index (χ0n) is 11.6. The quantitative estimate of drug-likeness (QED) is 0.313. The van der Waals surface area contributed by atoms with Crippen molar-refractivity contribution in [2.45, 2.75) is 25.9 Å². The molecule has 2 aliphatic rings. The molecule has 0 saturated carbocycles. The predicted molar refractivity (Wildman–Crippen MR) is 73.6 cm³/mol. The van der Waals surface area contributed by atoms with E-state index in [4.69, 9.17) is 15.7 Å². The van der Waals surface area contributed by atoms with Crippen LogP contribution in [0.1, 0.15) is 19.8 Å². The Morgan fingerprint density at radius 2 is 2.05 bits per heavy atom. The summed E-state index contributed by atoms with van der Waals surface area (Å²) in [5.41, 5.74) is 5.49. The molecule has 2 saturated heterocycles. The van der Waals surface area contributed by atoms with Crippen LogP contribution in [0.2, 0.25) is 0 Å². The predicted octanol–water partition coefficient (Wildman–Crippen LogP) is -0.590. The van der Waals surface area contributed by atoms with E-state index in [9.17, 15) is 8.42 Å². The summed E-state index contributed by atoms with van der Waals surface area (Å²) < 4.78 is 33.4. The molecule has 116 valence electrons. The summed E-state index contributed by atoms with van der Waals surface area (Å²) in [7, 11) is -3.50. The summed E-state index contributed by atoms with van der Waals surface area (Å²) in [6.07, 6.45) is 1.25. The van der Waals surface area contributed by atoms with Crippen LogP contribution in [0.4, 0.5) is 0 Å². The third-order valence-electron chi connectivity index (χ3n) is 3.75. The van der Waals surface area contributed by atoms with E-state index in [1.54, 1.807) is 0 Å². The molecule has 9 heteroatoms. The molecule has 3 N–H and O–H groups in total. The van der Waals surface area contributed by atoms with Crippen molar-refractivity contribution in [1.82, 2.24) is 8.61 Å². The number of ether oxygens (including phenoxy) is 1. The zero-order valence-corrected chi connectivity index (χ0v) is 12.4. The minimum atomic E-state index is -3.50. The van der Waals surface area contributed by atoms with Crippen molar-refractivity contribution >= 4 is 16.0 Å². The Morgan fingerprint density at radius 3 is 2.70 bits per heavy atom. The number of hydrogen-bond acceptors (Lipinski definition) is 5. The monoisotopic (exact) mass is 306 g/mol. The molecule has 2 aliphatic heterocycles. The molecule has 0 aromatic heterocycles. The van der Waals surface area contributed by atoms with E-state index in [1.807, 2.05) is 0 Å². The summed E-state index contributed by atoms with van der Waals surface area (Å²) in [5, 5.41) is 11.6. The lowest BCUT2D eigenvalue weighted by molar-refractivity contribution is 0.0327. The fourth-order valence-corrected chi connectivity index (χ4v) is 4.36. The van der Waals surface area contributed by atoms with Gasteiger partial charge < -0.3 is 15.7 Å². The summed E-state index contributed by atoms with van der Waals surface area (Å²) in [6.45, 7) is 3.78. The molecule has 2 fully saturated rings. The third kappa shape index (κ3) is 3.22. The van der Waals surface area contributed by atoms with E-state index in [2.05, 4.69) is 12.1 Å². The molecule has 0 spiro atoms. The lowest BCUT2D eigenvalue weighted by Crippen LogP contribution is -2.55. The molecule has 0 radical (unpaired) electrons. The van der Waals surface area contributed by atoms with Gasteiger partial charge in [0.25, 0.3) is 10.2 Å². The highest BCUT2D eigenvalue weighted by atomic mass is 32.2. The maximum atomic E-state index is 12.6. The zero-order chi connectivity index (χ0) is 14.8. The normalized spacial score (nSPS) is 31.4. The number of rotatable bonds is 3. The second kappa shape index (κ2) is 6.25. The molecule has 2 rings (SSSR count). The molecule has 2 unspecified atom stereocenters. The van der Waals surface area contributed by atoms with Gasteiger partial charge in [-0.3, -0.25) is 0 Å². The van der Waals surface area contributed by atoms with Crippen molar-refractivity contribution in [3.63, 3.8) is 0 Å². The van der Waals surface area contributed by atoms with Gasteiger partial charge in [-0.1, -0.05) is 12.1 Å². The van der Waals surface area contributed by atoms with Gasteiger partial charge in [0.1, 0.15) is 6.10 Å². The van der Waals surface area contributed by atoms with Gasteiger partial charge in [0.05, 0.1) is 6.61 Å². The Balaban J connectivity index is 2.08. The molecular formula is C11H22N4O4S. The van der Waals surface area contributed by atoms with Crippen molar-refractivity contribution in [1.29, 1.82) is 0 Å². The van der Waals surface area contributed by atoms with Crippen molar-refractivity contribution < 1.29 is 18.4 Å². The molecule has 2 atom stereocenters. The molecular weight excluding hydrogens is 284 g/mol. The first-order chi connectivity index (χ1) is 9.45. The van der Waals surface area contributed by atoms with E-state index in [-0.39, 0.29) is 19.0 Å². The maximum Gasteiger partial charge on any atom is 0.282 e. The van der Waals surface area contributed by atoms with Gasteiger partial charge in [0.2, 0.25) is 0 Å². The fourth-order valence-electron chi connectivity index (χ4n) is 2.60. The molecule has 8 nitrogen and oxygen atoms in total. The van der Waals surface area contributed by atoms with Gasteiger partial charge in [-0.15, -0.1) is 0 Å².